The van der Waals surface area contributed by atoms with Crippen molar-refractivity contribution in [2.45, 2.75) is 12.3 Å². The Morgan fingerprint density at radius 2 is 2.07 bits per heavy atom. The molecule has 2 aliphatic carbocycles. The van der Waals surface area contributed by atoms with Gasteiger partial charge in [0.15, 0.2) is 0 Å². The lowest BCUT2D eigenvalue weighted by Crippen LogP contribution is -2.23. The quantitative estimate of drug-likeness (QED) is 0.642. The molecule has 14 heavy (non-hydrogen) atoms. The van der Waals surface area contributed by atoms with Crippen LogP contribution in [0.25, 0.3) is 0 Å². The van der Waals surface area contributed by atoms with Crippen molar-refractivity contribution in [3.05, 3.63) is 12.2 Å². The number of ether oxygens (including phenoxy) is 1. The molecular weight excluding hydrogens is 195 g/mol. The first-order valence-electron chi connectivity index (χ1n) is 4.29. The molecule has 0 aromatic carbocycles. The van der Waals surface area contributed by atoms with E-state index in [4.69, 9.17) is 10.00 Å². The van der Waals surface area contributed by atoms with Crippen molar-refractivity contribution >= 4 is 0 Å². The Balaban J connectivity index is 1.85. The minimum Gasteiger partial charge on any atom is -0.364 e. The van der Waals surface area contributed by atoms with Crippen molar-refractivity contribution in [2.75, 3.05) is 6.61 Å². The standard InChI is InChI=1S/C9H8F3NO/c10-9(11,12)4-14-7-2-1-5-6(3-13)8(5)7/h1-2,5-8H,4H2/t5-,6+,7+,8-/m0/s1. The van der Waals surface area contributed by atoms with Crippen LogP contribution in [0.3, 0.4) is 0 Å². The summed E-state index contributed by atoms with van der Waals surface area (Å²) in [5, 5.41) is 8.60. The molecule has 0 heterocycles. The van der Waals surface area contributed by atoms with Crippen LogP contribution < -0.4 is 0 Å². The SMILES string of the molecule is N#C[C@@H]1[C@@H]2C=C[C@@H](OCC(F)(F)F)[C@H]12. The maximum atomic E-state index is 11.8. The predicted octanol–water partition coefficient (Wildman–Crippen LogP) is 1.89. The van der Waals surface area contributed by atoms with Crippen LogP contribution in [0.1, 0.15) is 0 Å². The highest BCUT2D eigenvalue weighted by molar-refractivity contribution is 5.27. The van der Waals surface area contributed by atoms with E-state index in [-0.39, 0.29) is 17.8 Å². The minimum absolute atomic E-state index is 0.0395. The Labute approximate surface area is 79.0 Å². The summed E-state index contributed by atoms with van der Waals surface area (Å²) in [6.45, 7) is -1.23. The monoisotopic (exact) mass is 203 g/mol. The van der Waals surface area contributed by atoms with Gasteiger partial charge in [-0.05, 0) is 5.92 Å². The molecule has 76 valence electrons. The summed E-state index contributed by atoms with van der Waals surface area (Å²) in [6.07, 6.45) is -1.41. The second-order valence-electron chi connectivity index (χ2n) is 3.59. The van der Waals surface area contributed by atoms with Crippen LogP contribution >= 0.6 is 0 Å². The fraction of sp³-hybridized carbons (Fsp3) is 0.667. The van der Waals surface area contributed by atoms with Crippen LogP contribution in [0.2, 0.25) is 0 Å². The largest absolute Gasteiger partial charge is 0.411 e. The van der Waals surface area contributed by atoms with Crippen LogP contribution in [0.5, 0.6) is 0 Å². The van der Waals surface area contributed by atoms with Crippen molar-refractivity contribution in [3.8, 4) is 6.07 Å². The number of alkyl halides is 3. The molecule has 5 heteroatoms. The normalized spacial score (nSPS) is 39.3. The second kappa shape index (κ2) is 2.99. The number of allylic oxidation sites excluding steroid dienone is 1. The number of fused-ring (bicyclic) bond motifs is 1. The number of hydrogen-bond donors (Lipinski definition) is 0. The zero-order valence-corrected chi connectivity index (χ0v) is 7.16. The van der Waals surface area contributed by atoms with E-state index in [9.17, 15) is 13.2 Å². The topological polar surface area (TPSA) is 33.0 Å². The van der Waals surface area contributed by atoms with E-state index < -0.39 is 18.9 Å². The van der Waals surface area contributed by atoms with Crippen LogP contribution in [0, 0.1) is 29.1 Å². The van der Waals surface area contributed by atoms with Gasteiger partial charge in [-0.25, -0.2) is 0 Å². The number of rotatable bonds is 2. The Morgan fingerprint density at radius 3 is 2.57 bits per heavy atom. The van der Waals surface area contributed by atoms with Crippen LogP contribution in [-0.4, -0.2) is 18.9 Å². The molecule has 2 rings (SSSR count). The fourth-order valence-electron chi connectivity index (χ4n) is 1.93. The first-order valence-corrected chi connectivity index (χ1v) is 4.29. The first kappa shape index (κ1) is 9.53. The number of nitriles is 1. The van der Waals surface area contributed by atoms with Gasteiger partial charge in [-0.15, -0.1) is 0 Å². The van der Waals surface area contributed by atoms with Gasteiger partial charge in [0.25, 0.3) is 0 Å². The average molecular weight is 203 g/mol. The lowest BCUT2D eigenvalue weighted by atomic mass is 10.2. The molecule has 0 unspecified atom stereocenters. The van der Waals surface area contributed by atoms with Crippen molar-refractivity contribution < 1.29 is 17.9 Å². The van der Waals surface area contributed by atoms with E-state index >= 15 is 0 Å². The molecule has 2 nitrogen and oxygen atoms in total. The van der Waals surface area contributed by atoms with Gasteiger partial charge < -0.3 is 4.74 Å². The molecule has 0 aliphatic heterocycles. The molecule has 4 atom stereocenters. The fourth-order valence-corrected chi connectivity index (χ4v) is 1.93. The van der Waals surface area contributed by atoms with Gasteiger partial charge in [0, 0.05) is 5.92 Å². The molecular formula is C9H8F3NO. The molecule has 0 radical (unpaired) electrons. The third kappa shape index (κ3) is 1.62. The van der Waals surface area contributed by atoms with Gasteiger partial charge in [-0.1, -0.05) is 12.2 Å². The molecule has 0 aromatic rings. The van der Waals surface area contributed by atoms with Gasteiger partial charge in [0.1, 0.15) is 6.61 Å². The zero-order valence-electron chi connectivity index (χ0n) is 7.16. The number of hydrogen-bond acceptors (Lipinski definition) is 2. The molecule has 1 fully saturated rings. The van der Waals surface area contributed by atoms with E-state index in [1.54, 1.807) is 12.2 Å². The molecule has 2 aliphatic rings. The van der Waals surface area contributed by atoms with Crippen LogP contribution in [0.15, 0.2) is 12.2 Å². The van der Waals surface area contributed by atoms with Gasteiger partial charge in [-0.2, -0.15) is 18.4 Å². The van der Waals surface area contributed by atoms with E-state index in [1.807, 2.05) is 0 Å². The Bertz CT molecular complexity index is 304. The summed E-state index contributed by atoms with van der Waals surface area (Å²) in [5.41, 5.74) is 0. The predicted molar refractivity (Wildman–Crippen MR) is 41.0 cm³/mol. The second-order valence-corrected chi connectivity index (χ2v) is 3.59. The Kier molecular flexibility index (Phi) is 2.04. The summed E-state index contributed by atoms with van der Waals surface area (Å²) in [4.78, 5) is 0. The average Bonchev–Trinajstić information content (AvgIpc) is 2.63. The van der Waals surface area contributed by atoms with Gasteiger partial charge in [0.05, 0.1) is 18.1 Å². The Hall–Kier alpha value is -1.02. The van der Waals surface area contributed by atoms with Gasteiger partial charge in [0.2, 0.25) is 0 Å². The van der Waals surface area contributed by atoms with E-state index in [0.29, 0.717) is 0 Å². The lowest BCUT2D eigenvalue weighted by molar-refractivity contribution is -0.182. The molecule has 1 saturated carbocycles. The molecule has 0 aromatic heterocycles. The molecule has 0 saturated heterocycles. The summed E-state index contributed by atoms with van der Waals surface area (Å²) in [5.74, 6) is -0.0567. The zero-order chi connectivity index (χ0) is 10.3. The maximum Gasteiger partial charge on any atom is 0.411 e. The number of nitrogens with zero attached hydrogens (tertiary/aromatic N) is 1. The van der Waals surface area contributed by atoms with Crippen molar-refractivity contribution in [3.63, 3.8) is 0 Å². The summed E-state index contributed by atoms with van der Waals surface area (Å²) >= 11 is 0. The van der Waals surface area contributed by atoms with Crippen LogP contribution in [0.4, 0.5) is 13.2 Å². The van der Waals surface area contributed by atoms with Crippen molar-refractivity contribution in [1.29, 1.82) is 5.26 Å². The van der Waals surface area contributed by atoms with Gasteiger partial charge in [-0.3, -0.25) is 0 Å². The van der Waals surface area contributed by atoms with Gasteiger partial charge >= 0.3 is 6.18 Å². The third-order valence-electron chi connectivity index (χ3n) is 2.62. The number of halogens is 3. The maximum absolute atomic E-state index is 11.8. The lowest BCUT2D eigenvalue weighted by Gasteiger charge is -2.13. The summed E-state index contributed by atoms with van der Waals surface area (Å²) in [7, 11) is 0. The smallest absolute Gasteiger partial charge is 0.364 e. The third-order valence-corrected chi connectivity index (χ3v) is 2.62. The molecule has 0 bridgehead atoms. The highest BCUT2D eigenvalue weighted by Crippen LogP contribution is 2.54. The van der Waals surface area contributed by atoms with Crippen LogP contribution in [-0.2, 0) is 4.74 Å². The van der Waals surface area contributed by atoms with E-state index in [2.05, 4.69) is 6.07 Å². The minimum atomic E-state index is -4.29. The van der Waals surface area contributed by atoms with E-state index in [0.717, 1.165) is 0 Å². The highest BCUT2D eigenvalue weighted by Gasteiger charge is 2.56. The summed E-state index contributed by atoms with van der Waals surface area (Å²) < 4.78 is 40.1. The molecule has 0 N–H and O–H groups in total. The first-order chi connectivity index (χ1) is 6.53. The van der Waals surface area contributed by atoms with E-state index in [1.165, 1.54) is 0 Å². The summed E-state index contributed by atoms with van der Waals surface area (Å²) in [6, 6.07) is 2.06. The molecule has 0 spiro atoms. The molecule has 0 amide bonds. The highest BCUT2D eigenvalue weighted by atomic mass is 19.4. The van der Waals surface area contributed by atoms with Crippen molar-refractivity contribution in [2.24, 2.45) is 17.8 Å². The van der Waals surface area contributed by atoms with Crippen molar-refractivity contribution in [1.82, 2.24) is 0 Å². The Morgan fingerprint density at radius 1 is 1.36 bits per heavy atom.